The van der Waals surface area contributed by atoms with Gasteiger partial charge in [0.05, 0.1) is 4.92 Å². The second-order valence-corrected chi connectivity index (χ2v) is 6.25. The molecule has 0 atom stereocenters. The smallest absolute Gasteiger partial charge is 0.273 e. The molecule has 1 aliphatic rings. The third-order valence-electron chi connectivity index (χ3n) is 4.11. The molecule has 1 aromatic rings. The highest BCUT2D eigenvalue weighted by molar-refractivity contribution is 5.64. The van der Waals surface area contributed by atoms with Crippen LogP contribution in [0.3, 0.4) is 0 Å². The van der Waals surface area contributed by atoms with Crippen LogP contribution in [0.5, 0.6) is 0 Å². The minimum atomic E-state index is -0.327. The van der Waals surface area contributed by atoms with Crippen LogP contribution in [0, 0.1) is 15.5 Å². The maximum atomic E-state index is 11.0. The number of anilines is 2. The molecule has 0 radical (unpaired) electrons. The van der Waals surface area contributed by atoms with Crippen LogP contribution in [0.2, 0.25) is 0 Å². The van der Waals surface area contributed by atoms with Gasteiger partial charge in [-0.1, -0.05) is 13.8 Å². The number of nitro groups is 1. The van der Waals surface area contributed by atoms with Gasteiger partial charge in [0.1, 0.15) is 0 Å². The first-order valence-corrected chi connectivity index (χ1v) is 7.13. The average Bonchev–Trinajstić information content (AvgIpc) is 2.59. The lowest BCUT2D eigenvalue weighted by Crippen LogP contribution is -2.25. The maximum Gasteiger partial charge on any atom is 0.273 e. The first-order chi connectivity index (χ1) is 9.41. The molecule has 1 fully saturated rings. The van der Waals surface area contributed by atoms with Crippen molar-refractivity contribution >= 4 is 17.1 Å². The van der Waals surface area contributed by atoms with Crippen molar-refractivity contribution in [2.45, 2.75) is 33.1 Å². The molecule has 0 aromatic heterocycles. The topological polar surface area (TPSA) is 58.4 Å². The normalized spacial score (nSPS) is 18.4. The summed E-state index contributed by atoms with van der Waals surface area (Å²) in [6.07, 6.45) is 3.45. The number of rotatable bonds is 3. The van der Waals surface area contributed by atoms with E-state index < -0.39 is 0 Å². The molecule has 1 aliphatic heterocycles. The molecule has 0 unspecified atom stereocenters. The second-order valence-electron chi connectivity index (χ2n) is 6.25. The molecular weight excluding hydrogens is 254 g/mol. The quantitative estimate of drug-likeness (QED) is 0.676. The van der Waals surface area contributed by atoms with Gasteiger partial charge >= 0.3 is 0 Å². The lowest BCUT2D eigenvalue weighted by Gasteiger charge is -2.25. The summed E-state index contributed by atoms with van der Waals surface area (Å²) in [7, 11) is 1.79. The van der Waals surface area contributed by atoms with Gasteiger partial charge in [-0.05, 0) is 30.7 Å². The predicted molar refractivity (Wildman–Crippen MR) is 82.5 cm³/mol. The Labute approximate surface area is 120 Å². The third kappa shape index (κ3) is 3.40. The van der Waals surface area contributed by atoms with Gasteiger partial charge in [0, 0.05) is 43.6 Å². The van der Waals surface area contributed by atoms with Crippen molar-refractivity contribution in [3.8, 4) is 0 Å². The van der Waals surface area contributed by atoms with Crippen molar-refractivity contribution in [3.05, 3.63) is 28.3 Å². The highest BCUT2D eigenvalue weighted by atomic mass is 16.6. The van der Waals surface area contributed by atoms with E-state index in [4.69, 9.17) is 0 Å². The van der Waals surface area contributed by atoms with E-state index in [2.05, 4.69) is 24.1 Å². The van der Waals surface area contributed by atoms with E-state index in [0.717, 1.165) is 37.3 Å². The van der Waals surface area contributed by atoms with Crippen molar-refractivity contribution in [1.82, 2.24) is 0 Å². The predicted octanol–water partition coefficient (Wildman–Crippen LogP) is 3.65. The van der Waals surface area contributed by atoms with Gasteiger partial charge in [-0.2, -0.15) is 0 Å². The van der Waals surface area contributed by atoms with Crippen LogP contribution >= 0.6 is 0 Å². The highest BCUT2D eigenvalue weighted by Crippen LogP contribution is 2.33. The first-order valence-electron chi connectivity index (χ1n) is 7.13. The molecule has 1 saturated heterocycles. The van der Waals surface area contributed by atoms with E-state index in [9.17, 15) is 10.1 Å². The summed E-state index contributed by atoms with van der Waals surface area (Å²) in [5.41, 5.74) is 2.25. The van der Waals surface area contributed by atoms with Gasteiger partial charge in [0.2, 0.25) is 0 Å². The summed E-state index contributed by atoms with van der Waals surface area (Å²) >= 11 is 0. The Morgan fingerprint density at radius 1 is 1.25 bits per heavy atom. The van der Waals surface area contributed by atoms with Crippen LogP contribution in [0.25, 0.3) is 0 Å². The molecule has 110 valence electrons. The van der Waals surface area contributed by atoms with Crippen molar-refractivity contribution in [2.75, 3.05) is 30.4 Å². The van der Waals surface area contributed by atoms with Crippen LogP contribution in [0.15, 0.2) is 18.2 Å². The summed E-state index contributed by atoms with van der Waals surface area (Å²) in [5, 5.41) is 14.0. The van der Waals surface area contributed by atoms with E-state index in [1.54, 1.807) is 19.2 Å². The summed E-state index contributed by atoms with van der Waals surface area (Å²) < 4.78 is 0. The molecule has 0 spiro atoms. The first kappa shape index (κ1) is 14.6. The zero-order valence-electron chi connectivity index (χ0n) is 12.5. The molecule has 1 heterocycles. The standard InChI is InChI=1S/C15H23N3O2/c1-15(2)5-4-7-17(8-6-15)13-9-12(16-3)10-14(11-13)18(19)20/h9-11,16H,4-8H2,1-3H3. The largest absolute Gasteiger partial charge is 0.388 e. The fourth-order valence-corrected chi connectivity index (χ4v) is 2.71. The molecular formula is C15H23N3O2. The number of hydrogen-bond acceptors (Lipinski definition) is 4. The fourth-order valence-electron chi connectivity index (χ4n) is 2.71. The van der Waals surface area contributed by atoms with E-state index in [1.807, 2.05) is 6.07 Å². The van der Waals surface area contributed by atoms with E-state index in [1.165, 1.54) is 6.42 Å². The zero-order valence-corrected chi connectivity index (χ0v) is 12.5. The zero-order chi connectivity index (χ0) is 14.8. The monoisotopic (exact) mass is 277 g/mol. The van der Waals surface area contributed by atoms with Crippen molar-refractivity contribution in [3.63, 3.8) is 0 Å². The van der Waals surface area contributed by atoms with Crippen molar-refractivity contribution < 1.29 is 4.92 Å². The lowest BCUT2D eigenvalue weighted by atomic mass is 9.85. The Morgan fingerprint density at radius 3 is 2.65 bits per heavy atom. The molecule has 0 aliphatic carbocycles. The van der Waals surface area contributed by atoms with Crippen LogP contribution in [0.1, 0.15) is 33.1 Å². The lowest BCUT2D eigenvalue weighted by molar-refractivity contribution is -0.384. The van der Waals surface area contributed by atoms with Crippen LogP contribution in [0.4, 0.5) is 17.1 Å². The van der Waals surface area contributed by atoms with E-state index in [-0.39, 0.29) is 10.6 Å². The second kappa shape index (κ2) is 5.69. The fraction of sp³-hybridized carbons (Fsp3) is 0.600. The Morgan fingerprint density at radius 2 is 2.00 bits per heavy atom. The number of hydrogen-bond donors (Lipinski definition) is 1. The Bertz CT molecular complexity index is 500. The van der Waals surface area contributed by atoms with Crippen molar-refractivity contribution in [2.24, 2.45) is 5.41 Å². The Balaban J connectivity index is 2.27. The van der Waals surface area contributed by atoms with E-state index in [0.29, 0.717) is 5.41 Å². The van der Waals surface area contributed by atoms with Gasteiger partial charge in [0.15, 0.2) is 0 Å². The van der Waals surface area contributed by atoms with Gasteiger partial charge in [-0.25, -0.2) is 0 Å². The molecule has 5 nitrogen and oxygen atoms in total. The van der Waals surface area contributed by atoms with Gasteiger partial charge in [-0.3, -0.25) is 10.1 Å². The van der Waals surface area contributed by atoms with Crippen LogP contribution in [-0.2, 0) is 0 Å². The Kier molecular flexibility index (Phi) is 4.16. The van der Waals surface area contributed by atoms with Gasteiger partial charge < -0.3 is 10.2 Å². The molecule has 0 bridgehead atoms. The van der Waals surface area contributed by atoms with Crippen LogP contribution < -0.4 is 10.2 Å². The summed E-state index contributed by atoms with van der Waals surface area (Å²) in [6, 6.07) is 5.25. The average molecular weight is 277 g/mol. The number of non-ortho nitro benzene ring substituents is 1. The number of benzene rings is 1. The highest BCUT2D eigenvalue weighted by Gasteiger charge is 2.24. The molecule has 20 heavy (non-hydrogen) atoms. The molecule has 0 saturated carbocycles. The summed E-state index contributed by atoms with van der Waals surface area (Å²) in [6.45, 7) is 6.51. The molecule has 0 amide bonds. The van der Waals surface area contributed by atoms with Gasteiger partial charge in [0.25, 0.3) is 5.69 Å². The number of nitrogens with zero attached hydrogens (tertiary/aromatic N) is 2. The number of nitro benzene ring substituents is 1. The van der Waals surface area contributed by atoms with Crippen molar-refractivity contribution in [1.29, 1.82) is 0 Å². The summed E-state index contributed by atoms with van der Waals surface area (Å²) in [5.74, 6) is 0. The molecule has 2 rings (SSSR count). The van der Waals surface area contributed by atoms with Gasteiger partial charge in [-0.15, -0.1) is 0 Å². The van der Waals surface area contributed by atoms with E-state index >= 15 is 0 Å². The third-order valence-corrected chi connectivity index (χ3v) is 4.11. The molecule has 5 heteroatoms. The SMILES string of the molecule is CNc1cc(N2CCCC(C)(C)CC2)cc([N+](=O)[O-])c1. The molecule has 1 N–H and O–H groups in total. The van der Waals surface area contributed by atoms with Crippen LogP contribution in [-0.4, -0.2) is 25.1 Å². The Hall–Kier alpha value is -1.78. The minimum absolute atomic E-state index is 0.148. The molecule has 1 aromatic carbocycles. The minimum Gasteiger partial charge on any atom is -0.388 e. The summed E-state index contributed by atoms with van der Waals surface area (Å²) in [4.78, 5) is 13.0. The number of nitrogens with one attached hydrogen (secondary N) is 1. The maximum absolute atomic E-state index is 11.0.